The Bertz CT molecular complexity index is 909. The molecule has 0 saturated carbocycles. The molecule has 1 N–H and O–H groups in total. The molecule has 1 aliphatic heterocycles. The molecule has 26 heavy (non-hydrogen) atoms. The van der Waals surface area contributed by atoms with E-state index < -0.39 is 0 Å². The van der Waals surface area contributed by atoms with E-state index >= 15 is 0 Å². The highest BCUT2D eigenvalue weighted by Crippen LogP contribution is 2.30. The second kappa shape index (κ2) is 7.26. The van der Waals surface area contributed by atoms with Crippen molar-refractivity contribution in [2.24, 2.45) is 5.92 Å². The van der Waals surface area contributed by atoms with Crippen LogP contribution in [0.3, 0.4) is 0 Å². The first kappa shape index (κ1) is 16.7. The number of carbonyl (C=O) groups excluding carboxylic acids is 1. The molecular weight excluding hydrogens is 322 g/mol. The van der Waals surface area contributed by atoms with Gasteiger partial charge in [-0.15, -0.1) is 0 Å². The molecule has 4 heteroatoms. The van der Waals surface area contributed by atoms with Crippen LogP contribution in [0.25, 0.3) is 10.8 Å². The second-order valence-electron chi connectivity index (χ2n) is 7.11. The third-order valence-corrected chi connectivity index (χ3v) is 5.25. The molecule has 1 saturated heterocycles. The fourth-order valence-electron chi connectivity index (χ4n) is 3.82. The highest BCUT2D eigenvalue weighted by Gasteiger charge is 2.30. The molecule has 0 unspecified atom stereocenters. The molecule has 2 atom stereocenters. The number of rotatable bonds is 4. The zero-order valence-electron chi connectivity index (χ0n) is 14.9. The predicted octanol–water partition coefficient (Wildman–Crippen LogP) is 3.66. The van der Waals surface area contributed by atoms with Gasteiger partial charge in [-0.1, -0.05) is 36.4 Å². The maximum Gasteiger partial charge on any atom is 0.251 e. The Labute approximate surface area is 153 Å². The number of hydrogen-bond acceptors (Lipinski definition) is 3. The van der Waals surface area contributed by atoms with Crippen molar-refractivity contribution in [1.29, 1.82) is 0 Å². The molecule has 0 spiro atoms. The second-order valence-corrected chi connectivity index (χ2v) is 7.11. The van der Waals surface area contributed by atoms with Crippen LogP contribution in [0.5, 0.6) is 0 Å². The minimum absolute atomic E-state index is 0.0212. The van der Waals surface area contributed by atoms with Gasteiger partial charge < -0.3 is 10.2 Å². The van der Waals surface area contributed by atoms with E-state index in [0.29, 0.717) is 11.5 Å². The normalized spacial score (nSPS) is 18.7. The third kappa shape index (κ3) is 3.46. The minimum Gasteiger partial charge on any atom is -0.345 e. The topological polar surface area (TPSA) is 45.2 Å². The van der Waals surface area contributed by atoms with Crippen LogP contribution in [0.4, 0.5) is 0 Å². The minimum atomic E-state index is -0.0212. The van der Waals surface area contributed by atoms with Crippen molar-refractivity contribution in [2.75, 3.05) is 20.1 Å². The average Bonchev–Trinajstić information content (AvgIpc) is 3.12. The summed E-state index contributed by atoms with van der Waals surface area (Å²) in [5, 5.41) is 5.37. The van der Waals surface area contributed by atoms with Gasteiger partial charge in [0.2, 0.25) is 0 Å². The molecule has 0 radical (unpaired) electrons. The Morgan fingerprint density at radius 1 is 1.15 bits per heavy atom. The van der Waals surface area contributed by atoms with Crippen LogP contribution >= 0.6 is 0 Å². The molecule has 2 aromatic carbocycles. The van der Waals surface area contributed by atoms with Gasteiger partial charge in [0.15, 0.2) is 0 Å². The summed E-state index contributed by atoms with van der Waals surface area (Å²) in [5.41, 5.74) is 1.86. The van der Waals surface area contributed by atoms with Crippen LogP contribution < -0.4 is 5.32 Å². The van der Waals surface area contributed by atoms with Gasteiger partial charge in [0.1, 0.15) is 0 Å². The van der Waals surface area contributed by atoms with E-state index in [9.17, 15) is 4.79 Å². The number of carbonyl (C=O) groups is 1. The van der Waals surface area contributed by atoms with E-state index in [4.69, 9.17) is 0 Å². The Morgan fingerprint density at radius 2 is 2.00 bits per heavy atom. The zero-order valence-corrected chi connectivity index (χ0v) is 14.9. The van der Waals surface area contributed by atoms with Gasteiger partial charge in [-0.3, -0.25) is 9.78 Å². The lowest BCUT2D eigenvalue weighted by atomic mass is 9.92. The van der Waals surface area contributed by atoms with Crippen LogP contribution in [0, 0.1) is 5.92 Å². The van der Waals surface area contributed by atoms with Crippen LogP contribution in [0.2, 0.25) is 0 Å². The molecule has 132 valence electrons. The molecule has 3 aromatic rings. The molecular formula is C22H23N3O. The van der Waals surface area contributed by atoms with E-state index in [0.717, 1.165) is 30.3 Å². The Morgan fingerprint density at radius 3 is 2.77 bits per heavy atom. The van der Waals surface area contributed by atoms with Crippen LogP contribution in [0.15, 0.2) is 67.0 Å². The molecule has 0 aliphatic carbocycles. The molecule has 1 aromatic heterocycles. The number of nitrogens with one attached hydrogen (secondary N) is 1. The van der Waals surface area contributed by atoms with Crippen molar-refractivity contribution < 1.29 is 4.79 Å². The van der Waals surface area contributed by atoms with E-state index in [1.54, 1.807) is 6.20 Å². The molecule has 4 nitrogen and oxygen atoms in total. The van der Waals surface area contributed by atoms with Gasteiger partial charge in [0.05, 0.1) is 6.04 Å². The number of fused-ring (bicyclic) bond motifs is 1. The summed E-state index contributed by atoms with van der Waals surface area (Å²) in [4.78, 5) is 19.4. The number of hydrogen-bond donors (Lipinski definition) is 1. The maximum absolute atomic E-state index is 13.0. The van der Waals surface area contributed by atoms with Crippen molar-refractivity contribution >= 4 is 16.7 Å². The molecule has 4 rings (SSSR count). The van der Waals surface area contributed by atoms with Gasteiger partial charge >= 0.3 is 0 Å². The summed E-state index contributed by atoms with van der Waals surface area (Å²) >= 11 is 0. The van der Waals surface area contributed by atoms with Gasteiger partial charge in [0.25, 0.3) is 5.91 Å². The number of amides is 1. The summed E-state index contributed by atoms with van der Waals surface area (Å²) in [6, 6.07) is 18.0. The van der Waals surface area contributed by atoms with Crippen molar-refractivity contribution in [3.8, 4) is 0 Å². The number of aromatic nitrogens is 1. The lowest BCUT2D eigenvalue weighted by Crippen LogP contribution is -2.34. The average molecular weight is 345 g/mol. The smallest absolute Gasteiger partial charge is 0.251 e. The van der Waals surface area contributed by atoms with Crippen molar-refractivity contribution in [3.63, 3.8) is 0 Å². The Kier molecular flexibility index (Phi) is 4.67. The van der Waals surface area contributed by atoms with Gasteiger partial charge in [-0.05, 0) is 55.1 Å². The van der Waals surface area contributed by atoms with Crippen molar-refractivity contribution in [1.82, 2.24) is 15.2 Å². The maximum atomic E-state index is 13.0. The first-order chi connectivity index (χ1) is 12.7. The largest absolute Gasteiger partial charge is 0.345 e. The first-order valence-electron chi connectivity index (χ1n) is 9.09. The van der Waals surface area contributed by atoms with E-state index in [1.807, 2.05) is 48.7 Å². The van der Waals surface area contributed by atoms with Gasteiger partial charge in [-0.25, -0.2) is 0 Å². The summed E-state index contributed by atoms with van der Waals surface area (Å²) in [5.74, 6) is 0.406. The van der Waals surface area contributed by atoms with Crippen LogP contribution in [-0.4, -0.2) is 35.9 Å². The highest BCUT2D eigenvalue weighted by atomic mass is 16.1. The Hall–Kier alpha value is -2.72. The lowest BCUT2D eigenvalue weighted by Gasteiger charge is -2.25. The number of likely N-dealkylation sites (tertiary alicyclic amines) is 1. The van der Waals surface area contributed by atoms with E-state index in [-0.39, 0.29) is 11.9 Å². The standard InChI is InChI=1S/C22H23N3O/c1-25-12-10-20(15-25)21(16-5-3-2-4-6-16)24-22(26)18-7-8-19-14-23-11-9-17(19)13-18/h2-9,11,13-14,20-21H,10,12,15H2,1H3,(H,24,26)/t20-,21-/m1/s1. The molecule has 2 heterocycles. The fourth-order valence-corrected chi connectivity index (χ4v) is 3.82. The van der Waals surface area contributed by atoms with Crippen LogP contribution in [0.1, 0.15) is 28.4 Å². The molecule has 1 aliphatic rings. The van der Waals surface area contributed by atoms with Crippen molar-refractivity contribution in [2.45, 2.75) is 12.5 Å². The van der Waals surface area contributed by atoms with Crippen molar-refractivity contribution in [3.05, 3.63) is 78.1 Å². The van der Waals surface area contributed by atoms with E-state index in [2.05, 4.69) is 34.4 Å². The summed E-state index contributed by atoms with van der Waals surface area (Å²) in [6.45, 7) is 2.08. The summed E-state index contributed by atoms with van der Waals surface area (Å²) < 4.78 is 0. The van der Waals surface area contributed by atoms with Gasteiger partial charge in [-0.2, -0.15) is 0 Å². The highest BCUT2D eigenvalue weighted by molar-refractivity contribution is 5.98. The summed E-state index contributed by atoms with van der Waals surface area (Å²) in [7, 11) is 2.14. The number of benzene rings is 2. The quantitative estimate of drug-likeness (QED) is 0.785. The molecule has 1 amide bonds. The third-order valence-electron chi connectivity index (χ3n) is 5.25. The molecule has 1 fully saturated rings. The monoisotopic (exact) mass is 345 g/mol. The Balaban J connectivity index is 1.60. The van der Waals surface area contributed by atoms with Gasteiger partial charge in [0, 0.05) is 29.9 Å². The first-order valence-corrected chi connectivity index (χ1v) is 9.09. The SMILES string of the molecule is CN1CC[C@@H]([C@H](NC(=O)c2ccc3cnccc3c2)c2ccccc2)C1. The summed E-state index contributed by atoms with van der Waals surface area (Å²) in [6.07, 6.45) is 4.67. The number of pyridine rings is 1. The van der Waals surface area contributed by atoms with E-state index in [1.165, 1.54) is 5.56 Å². The van der Waals surface area contributed by atoms with Crippen LogP contribution in [-0.2, 0) is 0 Å². The molecule has 0 bridgehead atoms. The zero-order chi connectivity index (χ0) is 17.9. The fraction of sp³-hybridized carbons (Fsp3) is 0.273. The predicted molar refractivity (Wildman–Crippen MR) is 104 cm³/mol. The number of nitrogens with zero attached hydrogens (tertiary/aromatic N) is 2. The lowest BCUT2D eigenvalue weighted by molar-refractivity contribution is 0.0922.